The maximum atomic E-state index is 12.4. The first-order valence-corrected chi connectivity index (χ1v) is 7.87. The minimum atomic E-state index is -0.346. The van der Waals surface area contributed by atoms with Gasteiger partial charge in [0.25, 0.3) is 0 Å². The number of hydrogen-bond acceptors (Lipinski definition) is 6. The van der Waals surface area contributed by atoms with Crippen molar-refractivity contribution in [3.05, 3.63) is 35.9 Å². The third kappa shape index (κ3) is 3.79. The second kappa shape index (κ2) is 6.95. The van der Waals surface area contributed by atoms with E-state index in [0.29, 0.717) is 44.3 Å². The van der Waals surface area contributed by atoms with E-state index < -0.39 is 0 Å². The summed E-state index contributed by atoms with van der Waals surface area (Å²) < 4.78 is 16.3. The lowest BCUT2D eigenvalue weighted by Crippen LogP contribution is -2.42. The highest BCUT2D eigenvalue weighted by molar-refractivity contribution is 5.76. The maximum absolute atomic E-state index is 12.4. The van der Waals surface area contributed by atoms with Gasteiger partial charge in [0.05, 0.1) is 25.7 Å². The molecule has 0 radical (unpaired) electrons. The van der Waals surface area contributed by atoms with Crippen molar-refractivity contribution in [1.82, 2.24) is 15.1 Å². The summed E-state index contributed by atoms with van der Waals surface area (Å²) in [7, 11) is 0. The molecule has 1 aliphatic heterocycles. The SMILES string of the molecule is CC(C)c1nnc(C2CN(C(=O)CCc3ccoc3)CCO2)o1. The van der Waals surface area contributed by atoms with Crippen molar-refractivity contribution >= 4 is 5.91 Å². The minimum absolute atomic E-state index is 0.100. The van der Waals surface area contributed by atoms with Gasteiger partial charge in [-0.2, -0.15) is 0 Å². The van der Waals surface area contributed by atoms with Crippen molar-refractivity contribution in [2.75, 3.05) is 19.7 Å². The average Bonchev–Trinajstić information content (AvgIpc) is 3.24. The van der Waals surface area contributed by atoms with E-state index >= 15 is 0 Å². The van der Waals surface area contributed by atoms with Gasteiger partial charge in [-0.1, -0.05) is 13.8 Å². The predicted molar refractivity (Wildman–Crippen MR) is 80.7 cm³/mol. The molecule has 2 aromatic rings. The van der Waals surface area contributed by atoms with Crippen LogP contribution in [0.2, 0.25) is 0 Å². The van der Waals surface area contributed by atoms with Crippen LogP contribution in [0, 0.1) is 0 Å². The molecule has 0 saturated carbocycles. The summed E-state index contributed by atoms with van der Waals surface area (Å²) in [6.07, 6.45) is 4.07. The molecule has 7 heteroatoms. The van der Waals surface area contributed by atoms with E-state index in [0.717, 1.165) is 5.56 Å². The number of aromatic nitrogens is 2. The number of rotatable bonds is 5. The van der Waals surface area contributed by atoms with Gasteiger partial charge in [0.2, 0.25) is 17.7 Å². The first-order chi connectivity index (χ1) is 11.1. The molecule has 1 unspecified atom stereocenters. The van der Waals surface area contributed by atoms with Gasteiger partial charge in [-0.25, -0.2) is 0 Å². The lowest BCUT2D eigenvalue weighted by molar-refractivity contribution is -0.139. The number of nitrogens with zero attached hydrogens (tertiary/aromatic N) is 3. The molecule has 0 N–H and O–H groups in total. The molecule has 0 aliphatic carbocycles. The van der Waals surface area contributed by atoms with Gasteiger partial charge in [0.1, 0.15) is 0 Å². The van der Waals surface area contributed by atoms with E-state index in [-0.39, 0.29) is 17.9 Å². The Labute approximate surface area is 134 Å². The lowest BCUT2D eigenvalue weighted by Gasteiger charge is -2.31. The number of aryl methyl sites for hydroxylation is 1. The molecule has 3 heterocycles. The van der Waals surface area contributed by atoms with Gasteiger partial charge in [0, 0.05) is 18.9 Å². The van der Waals surface area contributed by atoms with Crippen LogP contribution in [0.1, 0.15) is 49.6 Å². The normalized spacial score (nSPS) is 18.6. The summed E-state index contributed by atoms with van der Waals surface area (Å²) >= 11 is 0. The summed E-state index contributed by atoms with van der Waals surface area (Å²) in [4.78, 5) is 14.2. The smallest absolute Gasteiger partial charge is 0.247 e. The zero-order valence-corrected chi connectivity index (χ0v) is 13.4. The van der Waals surface area contributed by atoms with E-state index in [9.17, 15) is 4.79 Å². The van der Waals surface area contributed by atoms with E-state index in [1.54, 1.807) is 17.4 Å². The Balaban J connectivity index is 1.57. The van der Waals surface area contributed by atoms with Crippen LogP contribution >= 0.6 is 0 Å². The Bertz CT molecular complexity index is 636. The molecule has 3 rings (SSSR count). The summed E-state index contributed by atoms with van der Waals surface area (Å²) in [6.45, 7) is 5.49. The maximum Gasteiger partial charge on any atom is 0.247 e. The fraction of sp³-hybridized carbons (Fsp3) is 0.562. The first kappa shape index (κ1) is 15.7. The lowest BCUT2D eigenvalue weighted by atomic mass is 10.1. The average molecular weight is 319 g/mol. The van der Waals surface area contributed by atoms with Crippen LogP contribution in [0.15, 0.2) is 27.4 Å². The number of carbonyl (C=O) groups is 1. The number of furan rings is 1. The van der Waals surface area contributed by atoms with Gasteiger partial charge in [0.15, 0.2) is 6.10 Å². The summed E-state index contributed by atoms with van der Waals surface area (Å²) in [6, 6.07) is 1.88. The van der Waals surface area contributed by atoms with Gasteiger partial charge in [-0.05, 0) is 18.1 Å². The molecule has 1 aliphatic rings. The molecule has 1 fully saturated rings. The minimum Gasteiger partial charge on any atom is -0.472 e. The highest BCUT2D eigenvalue weighted by Gasteiger charge is 2.29. The van der Waals surface area contributed by atoms with E-state index in [1.807, 2.05) is 19.9 Å². The van der Waals surface area contributed by atoms with Crippen LogP contribution in [-0.2, 0) is 16.0 Å². The van der Waals surface area contributed by atoms with Crippen LogP contribution in [0.25, 0.3) is 0 Å². The van der Waals surface area contributed by atoms with Gasteiger partial charge in [-0.3, -0.25) is 4.79 Å². The molecule has 1 amide bonds. The third-order valence-corrected chi connectivity index (χ3v) is 3.85. The van der Waals surface area contributed by atoms with Crippen molar-refractivity contribution < 1.29 is 18.4 Å². The molecular formula is C16H21N3O4. The fourth-order valence-corrected chi connectivity index (χ4v) is 2.48. The molecule has 23 heavy (non-hydrogen) atoms. The van der Waals surface area contributed by atoms with Gasteiger partial charge in [-0.15, -0.1) is 10.2 Å². The molecule has 0 spiro atoms. The highest BCUT2D eigenvalue weighted by atomic mass is 16.5. The van der Waals surface area contributed by atoms with Crippen LogP contribution in [0.3, 0.4) is 0 Å². The number of carbonyl (C=O) groups excluding carboxylic acids is 1. The molecule has 2 aromatic heterocycles. The van der Waals surface area contributed by atoms with E-state index in [4.69, 9.17) is 13.6 Å². The zero-order chi connectivity index (χ0) is 16.2. The molecular weight excluding hydrogens is 298 g/mol. The molecule has 1 saturated heterocycles. The third-order valence-electron chi connectivity index (χ3n) is 3.85. The highest BCUT2D eigenvalue weighted by Crippen LogP contribution is 2.23. The number of ether oxygens (including phenoxy) is 1. The Hall–Kier alpha value is -2.15. The Morgan fingerprint density at radius 1 is 1.43 bits per heavy atom. The summed E-state index contributed by atoms with van der Waals surface area (Å²) in [5.74, 6) is 1.31. The molecule has 1 atom stereocenters. The molecule has 0 bridgehead atoms. The Morgan fingerprint density at radius 3 is 3.00 bits per heavy atom. The fourth-order valence-electron chi connectivity index (χ4n) is 2.48. The van der Waals surface area contributed by atoms with Gasteiger partial charge >= 0.3 is 0 Å². The summed E-state index contributed by atoms with van der Waals surface area (Å²) in [5.41, 5.74) is 1.03. The van der Waals surface area contributed by atoms with Crippen LogP contribution in [0.5, 0.6) is 0 Å². The standard InChI is InChI=1S/C16H21N3O4/c1-11(2)15-17-18-16(23-15)13-9-19(6-8-22-13)14(20)4-3-12-5-7-21-10-12/h5,7,10-11,13H,3-4,6,8-9H2,1-2H3. The summed E-state index contributed by atoms with van der Waals surface area (Å²) in [5, 5.41) is 8.07. The Kier molecular flexibility index (Phi) is 4.76. The predicted octanol–water partition coefficient (Wildman–Crippen LogP) is 2.32. The van der Waals surface area contributed by atoms with E-state index in [1.165, 1.54) is 0 Å². The zero-order valence-electron chi connectivity index (χ0n) is 13.4. The second-order valence-electron chi connectivity index (χ2n) is 5.96. The second-order valence-corrected chi connectivity index (χ2v) is 5.96. The van der Waals surface area contributed by atoms with Crippen molar-refractivity contribution in [2.24, 2.45) is 0 Å². The first-order valence-electron chi connectivity index (χ1n) is 7.87. The van der Waals surface area contributed by atoms with Gasteiger partial charge < -0.3 is 18.5 Å². The quantitative estimate of drug-likeness (QED) is 0.841. The molecule has 0 aromatic carbocycles. The van der Waals surface area contributed by atoms with Crippen LogP contribution in [-0.4, -0.2) is 40.7 Å². The van der Waals surface area contributed by atoms with Crippen molar-refractivity contribution in [2.45, 2.75) is 38.7 Å². The van der Waals surface area contributed by atoms with Crippen LogP contribution in [0.4, 0.5) is 0 Å². The van der Waals surface area contributed by atoms with E-state index in [2.05, 4.69) is 10.2 Å². The molecule has 7 nitrogen and oxygen atoms in total. The monoisotopic (exact) mass is 319 g/mol. The Morgan fingerprint density at radius 2 is 2.30 bits per heavy atom. The number of amides is 1. The van der Waals surface area contributed by atoms with Crippen molar-refractivity contribution in [1.29, 1.82) is 0 Å². The largest absolute Gasteiger partial charge is 0.472 e. The number of hydrogen-bond donors (Lipinski definition) is 0. The molecule has 124 valence electrons. The van der Waals surface area contributed by atoms with Crippen LogP contribution < -0.4 is 0 Å². The number of morpholine rings is 1. The van der Waals surface area contributed by atoms with Crippen molar-refractivity contribution in [3.8, 4) is 0 Å². The van der Waals surface area contributed by atoms with Crippen molar-refractivity contribution in [3.63, 3.8) is 0 Å². The topological polar surface area (TPSA) is 81.6 Å².